The predicted octanol–water partition coefficient (Wildman–Crippen LogP) is 4.70. The van der Waals surface area contributed by atoms with Gasteiger partial charge in [-0.15, -0.1) is 0 Å². The summed E-state index contributed by atoms with van der Waals surface area (Å²) in [6, 6.07) is 0. The highest BCUT2D eigenvalue weighted by Crippen LogP contribution is 2.51. The summed E-state index contributed by atoms with van der Waals surface area (Å²) in [5.74, 6) is -5.94. The van der Waals surface area contributed by atoms with Crippen molar-refractivity contribution in [2.24, 2.45) is 0 Å². The molecule has 1 unspecified atom stereocenters. The van der Waals surface area contributed by atoms with Gasteiger partial charge in [-0.1, -0.05) is 116 Å². The van der Waals surface area contributed by atoms with Gasteiger partial charge in [0.15, 0.2) is 23.7 Å². The molecule has 0 fully saturated rings. The lowest BCUT2D eigenvalue weighted by atomic mass is 10.0. The summed E-state index contributed by atoms with van der Waals surface area (Å²) < 4.78 is 59.9. The van der Waals surface area contributed by atoms with Gasteiger partial charge in [0.2, 0.25) is 0 Å². The van der Waals surface area contributed by atoms with Crippen LogP contribution in [0.5, 0.6) is 0 Å². The second kappa shape index (κ2) is 24.0. The van der Waals surface area contributed by atoms with Crippen molar-refractivity contribution in [3.05, 3.63) is 35.7 Å². The quantitative estimate of drug-likeness (QED) is 0.0241. The van der Waals surface area contributed by atoms with Crippen molar-refractivity contribution < 1.29 is 81.2 Å². The van der Waals surface area contributed by atoms with Crippen molar-refractivity contribution >= 4 is 27.6 Å². The number of phosphoric acid groups is 2. The lowest BCUT2D eigenvalue weighted by Gasteiger charge is -2.24. The van der Waals surface area contributed by atoms with Crippen LogP contribution in [0.1, 0.15) is 110 Å². The molecule has 0 aromatic carbocycles. The van der Waals surface area contributed by atoms with E-state index in [4.69, 9.17) is 28.0 Å². The van der Waals surface area contributed by atoms with Crippen LogP contribution in [-0.2, 0) is 51.2 Å². The van der Waals surface area contributed by atoms with Gasteiger partial charge in [0.1, 0.15) is 18.8 Å². The molecule has 52 heavy (non-hydrogen) atoms. The molecule has 17 nitrogen and oxygen atoms in total. The number of hydrogen-bond acceptors (Lipinski definition) is 14. The Morgan fingerprint density at radius 1 is 0.712 bits per heavy atom. The number of aliphatic hydroxyl groups excluding tert-OH is 3. The summed E-state index contributed by atoms with van der Waals surface area (Å²) in [4.78, 5) is 54.3. The van der Waals surface area contributed by atoms with E-state index >= 15 is 0 Å². The maximum absolute atomic E-state index is 13.0. The molecule has 0 aromatic rings. The van der Waals surface area contributed by atoms with E-state index in [-0.39, 0.29) is 13.2 Å². The lowest BCUT2D eigenvalue weighted by molar-refractivity contribution is -0.148. The van der Waals surface area contributed by atoms with Crippen LogP contribution in [0.2, 0.25) is 0 Å². The number of cyclic esters (lactones) is 2. The van der Waals surface area contributed by atoms with Crippen LogP contribution < -0.4 is 0 Å². The molecule has 2 heterocycles. The highest BCUT2D eigenvalue weighted by atomic mass is 31.2. The molecule has 5 atom stereocenters. The van der Waals surface area contributed by atoms with E-state index in [2.05, 4.69) is 18.0 Å². The molecule has 0 radical (unpaired) electrons. The highest BCUT2D eigenvalue weighted by molar-refractivity contribution is 7.47. The van der Waals surface area contributed by atoms with Gasteiger partial charge in [-0.2, -0.15) is 0 Å². The van der Waals surface area contributed by atoms with Crippen LogP contribution in [-0.4, -0.2) is 92.8 Å². The summed E-state index contributed by atoms with van der Waals surface area (Å²) >= 11 is 0. The molecular formula is C33H56O17P2. The minimum Gasteiger partial charge on any atom is -0.490 e. The maximum Gasteiger partial charge on any atom is 0.528 e. The number of carbonyl (C=O) groups excluding carboxylic acids is 2. The minimum absolute atomic E-state index is 0.0718. The van der Waals surface area contributed by atoms with Gasteiger partial charge >= 0.3 is 27.6 Å². The fourth-order valence-electron chi connectivity index (χ4n) is 5.55. The number of ether oxygens (including phenoxy) is 4. The zero-order chi connectivity index (χ0) is 38.6. The van der Waals surface area contributed by atoms with Crippen LogP contribution in [0.3, 0.4) is 0 Å². The molecule has 19 heteroatoms. The van der Waals surface area contributed by atoms with Crippen LogP contribution in [0.4, 0.5) is 0 Å². The van der Waals surface area contributed by atoms with E-state index in [1.807, 2.05) is 0 Å². The Bertz CT molecular complexity index is 1280. The van der Waals surface area contributed by atoms with E-state index in [1.54, 1.807) is 0 Å². The second-order valence-electron chi connectivity index (χ2n) is 12.5. The zero-order valence-corrected chi connectivity index (χ0v) is 31.6. The largest absolute Gasteiger partial charge is 0.528 e. The van der Waals surface area contributed by atoms with Crippen LogP contribution in [0.25, 0.3) is 0 Å². The first-order valence-electron chi connectivity index (χ1n) is 17.9. The van der Waals surface area contributed by atoms with Crippen LogP contribution in [0, 0.1) is 0 Å². The predicted molar refractivity (Wildman–Crippen MR) is 185 cm³/mol. The monoisotopic (exact) mass is 786 g/mol. The topological polar surface area (TPSA) is 254 Å². The van der Waals surface area contributed by atoms with E-state index in [9.17, 15) is 48.7 Å². The number of hydrogen-bond donors (Lipinski definition) is 6. The van der Waals surface area contributed by atoms with E-state index < -0.39 is 88.3 Å². The van der Waals surface area contributed by atoms with E-state index in [0.29, 0.717) is 6.42 Å². The second-order valence-corrected chi connectivity index (χ2v) is 15.0. The van der Waals surface area contributed by atoms with Gasteiger partial charge < -0.3 is 43.3 Å². The molecule has 0 aromatic heterocycles. The molecule has 300 valence electrons. The molecule has 0 saturated heterocycles. The van der Waals surface area contributed by atoms with Gasteiger partial charge in [-0.25, -0.2) is 18.7 Å². The summed E-state index contributed by atoms with van der Waals surface area (Å²) in [6.07, 6.45) is 12.4. The fraction of sp³-hybridized carbons (Fsp3) is 0.758. The van der Waals surface area contributed by atoms with Gasteiger partial charge in [0.25, 0.3) is 11.5 Å². The first-order chi connectivity index (χ1) is 24.8. The smallest absolute Gasteiger partial charge is 0.490 e. The third-order valence-electron chi connectivity index (χ3n) is 8.15. The van der Waals surface area contributed by atoms with Crippen molar-refractivity contribution in [1.29, 1.82) is 0 Å². The molecule has 2 aliphatic rings. The Hall–Kier alpha value is -2.46. The van der Waals surface area contributed by atoms with Crippen LogP contribution in [0.15, 0.2) is 35.7 Å². The molecule has 0 spiro atoms. The maximum atomic E-state index is 13.0. The van der Waals surface area contributed by atoms with Crippen LogP contribution >= 0.6 is 15.6 Å². The SMILES string of the molecule is C=CCOC1=C(OP(=O)(O)O[C@@H](CO)[C@H]2OC(=O)C(OP(=O)(O)O)=C2OCCCCCCCCCCCCCCCCCC)C(=O)O[C@@H]1[C@@H](O)CO. The van der Waals surface area contributed by atoms with Gasteiger partial charge in [-0.3, -0.25) is 19.2 Å². The Labute approximate surface area is 304 Å². The van der Waals surface area contributed by atoms with E-state index in [1.165, 1.54) is 70.3 Å². The van der Waals surface area contributed by atoms with Crippen molar-refractivity contribution in [2.75, 3.05) is 26.4 Å². The number of phosphoric ester groups is 2. The Balaban J connectivity index is 1.95. The molecule has 6 N–H and O–H groups in total. The average Bonchev–Trinajstić information content (AvgIpc) is 3.56. The third-order valence-corrected chi connectivity index (χ3v) is 9.53. The summed E-state index contributed by atoms with van der Waals surface area (Å²) in [7, 11) is -10.8. The van der Waals surface area contributed by atoms with Gasteiger partial charge in [-0.05, 0) is 6.42 Å². The first-order valence-corrected chi connectivity index (χ1v) is 20.9. The van der Waals surface area contributed by atoms with Crippen molar-refractivity contribution in [2.45, 2.75) is 134 Å². The number of esters is 2. The zero-order valence-electron chi connectivity index (χ0n) is 29.8. The summed E-state index contributed by atoms with van der Waals surface area (Å²) in [5, 5.41) is 29.3. The molecule has 0 saturated carbocycles. The van der Waals surface area contributed by atoms with Crippen molar-refractivity contribution in [3.8, 4) is 0 Å². The third kappa shape index (κ3) is 16.3. The normalized spacial score (nSPS) is 20.0. The van der Waals surface area contributed by atoms with Crippen molar-refractivity contribution in [1.82, 2.24) is 0 Å². The molecule has 2 rings (SSSR count). The van der Waals surface area contributed by atoms with Gasteiger partial charge in [0.05, 0.1) is 19.8 Å². The lowest BCUT2D eigenvalue weighted by Crippen LogP contribution is -2.35. The highest BCUT2D eigenvalue weighted by Gasteiger charge is 2.49. The first kappa shape index (κ1) is 45.7. The Kier molecular flexibility index (Phi) is 21.1. The Morgan fingerprint density at radius 3 is 1.63 bits per heavy atom. The molecule has 0 bridgehead atoms. The number of unbranched alkanes of at least 4 members (excludes halogenated alkanes) is 15. The van der Waals surface area contributed by atoms with Crippen molar-refractivity contribution in [3.63, 3.8) is 0 Å². The number of rotatable bonds is 31. The average molecular weight is 787 g/mol. The molecule has 2 aliphatic heterocycles. The van der Waals surface area contributed by atoms with E-state index in [0.717, 1.165) is 32.1 Å². The number of aliphatic hydroxyl groups is 3. The molecule has 0 aliphatic carbocycles. The summed E-state index contributed by atoms with van der Waals surface area (Å²) in [5.41, 5.74) is 0. The fourth-order valence-corrected chi connectivity index (χ4v) is 6.91. The molecular weight excluding hydrogens is 730 g/mol. The van der Waals surface area contributed by atoms with Gasteiger partial charge in [0, 0.05) is 0 Å². The number of carbonyl (C=O) groups is 2. The standard InChI is InChI=1S/C33H56O17P2/c1-3-5-6-7-8-9-10-11-12-13-14-15-16-17-18-19-21-45-29-27(47-32(37)30(29)49-51(39,40)41)25(23-35)48-52(42,43)50-31-28(44-20-4-2)26(24(36)22-34)46-33(31)38/h4,24-27,34-36H,2-3,5-23H2,1H3,(H,42,43)(H2,39,40,41)/t24-,25-,26+,27+/m0/s1. The minimum atomic E-state index is -5.44. The molecule has 0 amide bonds. The Morgan fingerprint density at radius 2 is 1.17 bits per heavy atom. The summed E-state index contributed by atoms with van der Waals surface area (Å²) in [6.45, 7) is 3.30.